The third-order valence-electron chi connectivity index (χ3n) is 3.10. The molecule has 2 rings (SSSR count). The number of aliphatic carboxylic acids is 1. The van der Waals surface area contributed by atoms with Gasteiger partial charge in [0.1, 0.15) is 0 Å². The highest BCUT2D eigenvalue weighted by molar-refractivity contribution is 6.30. The second kappa shape index (κ2) is 6.39. The zero-order chi connectivity index (χ0) is 13.7. The van der Waals surface area contributed by atoms with Crippen molar-refractivity contribution in [1.82, 2.24) is 0 Å². The van der Waals surface area contributed by atoms with Gasteiger partial charge in [-0.1, -0.05) is 54.1 Å². The lowest BCUT2D eigenvalue weighted by atomic mass is 9.87. The Labute approximate surface area is 117 Å². The van der Waals surface area contributed by atoms with Gasteiger partial charge >= 0.3 is 5.97 Å². The molecule has 0 saturated carbocycles. The smallest absolute Gasteiger partial charge is 0.303 e. The second-order valence-electron chi connectivity index (χ2n) is 4.45. The fourth-order valence-electron chi connectivity index (χ4n) is 2.20. The van der Waals surface area contributed by atoms with Gasteiger partial charge in [0.15, 0.2) is 0 Å². The Balaban J connectivity index is 2.31. The Bertz CT molecular complexity index is 552. The first-order valence-electron chi connectivity index (χ1n) is 6.19. The van der Waals surface area contributed by atoms with Gasteiger partial charge in [-0.15, -0.1) is 0 Å². The van der Waals surface area contributed by atoms with Crippen LogP contribution in [-0.4, -0.2) is 11.1 Å². The molecule has 2 aromatic carbocycles. The summed E-state index contributed by atoms with van der Waals surface area (Å²) in [6, 6.07) is 17.5. The highest BCUT2D eigenvalue weighted by atomic mass is 35.5. The van der Waals surface area contributed by atoms with Crippen LogP contribution in [-0.2, 0) is 4.79 Å². The first-order chi connectivity index (χ1) is 9.16. The average Bonchev–Trinajstić information content (AvgIpc) is 2.40. The normalized spacial score (nSPS) is 12.1. The van der Waals surface area contributed by atoms with Crippen LogP contribution in [0.1, 0.15) is 29.9 Å². The summed E-state index contributed by atoms with van der Waals surface area (Å²) < 4.78 is 0. The van der Waals surface area contributed by atoms with E-state index >= 15 is 0 Å². The quantitative estimate of drug-likeness (QED) is 0.881. The average molecular weight is 275 g/mol. The monoisotopic (exact) mass is 274 g/mol. The molecule has 0 radical (unpaired) electrons. The van der Waals surface area contributed by atoms with Gasteiger partial charge in [0.2, 0.25) is 0 Å². The van der Waals surface area contributed by atoms with Crippen molar-refractivity contribution < 1.29 is 9.90 Å². The third kappa shape index (κ3) is 3.83. The molecule has 0 unspecified atom stereocenters. The van der Waals surface area contributed by atoms with Crippen LogP contribution in [0.3, 0.4) is 0 Å². The lowest BCUT2D eigenvalue weighted by Gasteiger charge is -2.17. The molecule has 1 atom stereocenters. The maximum absolute atomic E-state index is 10.8. The molecule has 2 nitrogen and oxygen atoms in total. The number of halogens is 1. The largest absolute Gasteiger partial charge is 0.481 e. The molecule has 0 spiro atoms. The van der Waals surface area contributed by atoms with Crippen LogP contribution >= 0.6 is 11.6 Å². The minimum atomic E-state index is -0.775. The molecule has 0 heterocycles. The number of carboxylic acids is 1. The van der Waals surface area contributed by atoms with E-state index in [1.807, 2.05) is 54.6 Å². The highest BCUT2D eigenvalue weighted by Gasteiger charge is 2.15. The molecular weight excluding hydrogens is 260 g/mol. The summed E-state index contributed by atoms with van der Waals surface area (Å²) in [5.74, 6) is -0.709. The van der Waals surface area contributed by atoms with E-state index in [9.17, 15) is 4.79 Å². The molecule has 2 aromatic rings. The summed E-state index contributed by atoms with van der Waals surface area (Å²) in [7, 11) is 0. The van der Waals surface area contributed by atoms with Crippen molar-refractivity contribution >= 4 is 17.6 Å². The number of benzene rings is 2. The maximum Gasteiger partial charge on any atom is 0.303 e. The summed E-state index contributed by atoms with van der Waals surface area (Å²) in [6.45, 7) is 0. The molecule has 0 aliphatic rings. The summed E-state index contributed by atoms with van der Waals surface area (Å²) in [6.07, 6.45) is 0.714. The summed E-state index contributed by atoms with van der Waals surface area (Å²) >= 11 is 6.02. The van der Waals surface area contributed by atoms with Crippen LogP contribution < -0.4 is 0 Å². The molecule has 0 fully saturated rings. The van der Waals surface area contributed by atoms with Gasteiger partial charge in [-0.25, -0.2) is 0 Å². The molecule has 0 amide bonds. The van der Waals surface area contributed by atoms with E-state index in [4.69, 9.17) is 16.7 Å². The molecule has 0 saturated heterocycles. The van der Waals surface area contributed by atoms with Crippen LogP contribution in [0.5, 0.6) is 0 Å². The molecular formula is C16H15ClO2. The number of carboxylic acid groups (broad SMARTS) is 1. The van der Waals surface area contributed by atoms with Gasteiger partial charge in [-0.3, -0.25) is 4.79 Å². The number of hydrogen-bond donors (Lipinski definition) is 1. The fraction of sp³-hybridized carbons (Fsp3) is 0.188. The van der Waals surface area contributed by atoms with Crippen molar-refractivity contribution in [2.75, 3.05) is 0 Å². The van der Waals surface area contributed by atoms with E-state index < -0.39 is 5.97 Å². The molecule has 0 aliphatic carbocycles. The van der Waals surface area contributed by atoms with Crippen molar-refractivity contribution in [2.24, 2.45) is 0 Å². The molecule has 19 heavy (non-hydrogen) atoms. The van der Waals surface area contributed by atoms with E-state index in [0.717, 1.165) is 11.1 Å². The van der Waals surface area contributed by atoms with Crippen molar-refractivity contribution in [3.05, 3.63) is 70.7 Å². The topological polar surface area (TPSA) is 37.3 Å². The van der Waals surface area contributed by atoms with E-state index in [0.29, 0.717) is 11.4 Å². The van der Waals surface area contributed by atoms with Crippen LogP contribution in [0.25, 0.3) is 0 Å². The maximum atomic E-state index is 10.8. The fourth-order valence-corrected chi connectivity index (χ4v) is 2.40. The first-order valence-corrected chi connectivity index (χ1v) is 6.57. The predicted molar refractivity (Wildman–Crippen MR) is 76.6 cm³/mol. The second-order valence-corrected chi connectivity index (χ2v) is 4.89. The SMILES string of the molecule is O=C(O)CC[C@@H](c1ccccc1)c1cccc(Cl)c1. The third-order valence-corrected chi connectivity index (χ3v) is 3.33. The van der Waals surface area contributed by atoms with Gasteiger partial charge in [0, 0.05) is 17.4 Å². The standard InChI is InChI=1S/C16H15ClO2/c17-14-8-4-7-13(11-14)15(9-10-16(18)19)12-5-2-1-3-6-12/h1-8,11,15H,9-10H2,(H,18,19)/t15-/m0/s1. The van der Waals surface area contributed by atoms with Crippen molar-refractivity contribution in [2.45, 2.75) is 18.8 Å². The van der Waals surface area contributed by atoms with Crippen LogP contribution in [0.15, 0.2) is 54.6 Å². The number of carbonyl (C=O) groups is 1. The van der Waals surface area contributed by atoms with Crippen LogP contribution in [0.2, 0.25) is 5.02 Å². The number of hydrogen-bond acceptors (Lipinski definition) is 1. The van der Waals surface area contributed by atoms with Gasteiger partial charge in [0.05, 0.1) is 0 Å². The highest BCUT2D eigenvalue weighted by Crippen LogP contribution is 2.30. The molecule has 0 bridgehead atoms. The van der Waals surface area contributed by atoms with Crippen molar-refractivity contribution in [3.8, 4) is 0 Å². The van der Waals surface area contributed by atoms with Gasteiger partial charge in [-0.2, -0.15) is 0 Å². The summed E-state index contributed by atoms with van der Waals surface area (Å²) in [4.78, 5) is 10.8. The molecule has 3 heteroatoms. The van der Waals surface area contributed by atoms with Crippen molar-refractivity contribution in [1.29, 1.82) is 0 Å². The Kier molecular flexibility index (Phi) is 4.58. The molecule has 1 N–H and O–H groups in total. The summed E-state index contributed by atoms with van der Waals surface area (Å²) in [5.41, 5.74) is 2.17. The Morgan fingerprint density at radius 1 is 1.05 bits per heavy atom. The van der Waals surface area contributed by atoms with Gasteiger partial charge < -0.3 is 5.11 Å². The Hall–Kier alpha value is -1.80. The van der Waals surface area contributed by atoms with Crippen molar-refractivity contribution in [3.63, 3.8) is 0 Å². The zero-order valence-electron chi connectivity index (χ0n) is 10.4. The summed E-state index contributed by atoms with van der Waals surface area (Å²) in [5, 5.41) is 9.56. The Morgan fingerprint density at radius 2 is 1.74 bits per heavy atom. The van der Waals surface area contributed by atoms with Crippen LogP contribution in [0.4, 0.5) is 0 Å². The lowest BCUT2D eigenvalue weighted by molar-refractivity contribution is -0.137. The molecule has 98 valence electrons. The number of rotatable bonds is 5. The minimum absolute atomic E-state index is 0.0657. The van der Waals surface area contributed by atoms with Gasteiger partial charge in [-0.05, 0) is 29.7 Å². The zero-order valence-corrected chi connectivity index (χ0v) is 11.2. The Morgan fingerprint density at radius 3 is 2.37 bits per heavy atom. The minimum Gasteiger partial charge on any atom is -0.481 e. The van der Waals surface area contributed by atoms with E-state index in [-0.39, 0.29) is 12.3 Å². The first kappa shape index (κ1) is 13.6. The van der Waals surface area contributed by atoms with Gasteiger partial charge in [0.25, 0.3) is 0 Å². The lowest BCUT2D eigenvalue weighted by Crippen LogP contribution is -2.05. The molecule has 0 aromatic heterocycles. The van der Waals surface area contributed by atoms with E-state index in [1.54, 1.807) is 0 Å². The van der Waals surface area contributed by atoms with Crippen LogP contribution in [0, 0.1) is 0 Å². The van der Waals surface area contributed by atoms with E-state index in [2.05, 4.69) is 0 Å². The predicted octanol–water partition coefficient (Wildman–Crippen LogP) is 4.34. The van der Waals surface area contributed by atoms with E-state index in [1.165, 1.54) is 0 Å². The molecule has 0 aliphatic heterocycles.